The zero-order valence-corrected chi connectivity index (χ0v) is 14.0. The van der Waals surface area contributed by atoms with E-state index in [1.54, 1.807) is 6.07 Å². The summed E-state index contributed by atoms with van der Waals surface area (Å²) in [6.07, 6.45) is -0.355. The summed E-state index contributed by atoms with van der Waals surface area (Å²) in [5.41, 5.74) is 0.797. The molecule has 0 aliphatic carbocycles. The van der Waals surface area contributed by atoms with Crippen molar-refractivity contribution in [2.24, 2.45) is 0 Å². The molecule has 0 unspecified atom stereocenters. The lowest BCUT2D eigenvalue weighted by Crippen LogP contribution is -2.50. The van der Waals surface area contributed by atoms with Crippen LogP contribution in [0.1, 0.15) is 18.6 Å². The van der Waals surface area contributed by atoms with Crippen molar-refractivity contribution in [1.82, 2.24) is 9.62 Å². The van der Waals surface area contributed by atoms with Crippen molar-refractivity contribution in [2.45, 2.75) is 19.1 Å². The number of ether oxygens (including phenoxy) is 1. The maximum atomic E-state index is 12.3. The van der Waals surface area contributed by atoms with Crippen molar-refractivity contribution in [3.8, 4) is 0 Å². The van der Waals surface area contributed by atoms with Gasteiger partial charge in [0.25, 0.3) is 0 Å². The third kappa shape index (κ3) is 3.98. The molecule has 6 nitrogen and oxygen atoms in total. The Hall–Kier alpha value is -1.15. The van der Waals surface area contributed by atoms with Gasteiger partial charge >= 0.3 is 0 Å². The number of nitrogens with zero attached hydrogens (tertiary/aromatic N) is 1. The molecule has 1 heterocycles. The van der Waals surface area contributed by atoms with Crippen LogP contribution in [0.4, 0.5) is 0 Å². The van der Waals surface area contributed by atoms with Gasteiger partial charge in [0, 0.05) is 10.6 Å². The van der Waals surface area contributed by atoms with Crippen molar-refractivity contribution in [2.75, 3.05) is 26.0 Å². The van der Waals surface area contributed by atoms with E-state index < -0.39 is 21.7 Å². The number of amides is 1. The van der Waals surface area contributed by atoms with E-state index in [0.29, 0.717) is 11.6 Å². The smallest absolute Gasteiger partial charge is 0.239 e. The highest BCUT2D eigenvalue weighted by Crippen LogP contribution is 2.29. The summed E-state index contributed by atoms with van der Waals surface area (Å²) < 4.78 is 31.0. The number of morpholine rings is 1. The summed E-state index contributed by atoms with van der Waals surface area (Å²) in [4.78, 5) is 13.8. The molecule has 1 amide bonds. The van der Waals surface area contributed by atoms with E-state index in [0.717, 1.165) is 5.56 Å². The second kappa shape index (κ2) is 6.95. The number of hydrogen-bond acceptors (Lipinski definition) is 4. The summed E-state index contributed by atoms with van der Waals surface area (Å²) in [5.74, 6) is -1.01. The van der Waals surface area contributed by atoms with Crippen LogP contribution in [-0.4, -0.2) is 51.2 Å². The Morgan fingerprint density at radius 1 is 1.45 bits per heavy atom. The molecule has 22 heavy (non-hydrogen) atoms. The maximum Gasteiger partial charge on any atom is 0.239 e. The van der Waals surface area contributed by atoms with Crippen LogP contribution < -0.4 is 4.72 Å². The molecular formula is C14H19ClN2O4S. The predicted octanol–water partition coefficient (Wildman–Crippen LogP) is 1.18. The molecule has 122 valence electrons. The molecule has 1 aromatic rings. The van der Waals surface area contributed by atoms with Gasteiger partial charge in [0.05, 0.1) is 19.2 Å². The summed E-state index contributed by atoms with van der Waals surface area (Å²) in [6.45, 7) is 2.44. The summed E-state index contributed by atoms with van der Waals surface area (Å²) in [7, 11) is -2.30. The first-order valence-corrected chi connectivity index (χ1v) is 8.94. The lowest BCUT2D eigenvalue weighted by atomic mass is 10.1. The summed E-state index contributed by atoms with van der Waals surface area (Å²) in [6, 6.07) is 7.09. The number of benzene rings is 1. The second-order valence-electron chi connectivity index (χ2n) is 5.20. The normalized spacial score (nSPS) is 22.6. The third-order valence-electron chi connectivity index (χ3n) is 3.63. The zero-order valence-electron chi connectivity index (χ0n) is 12.5. The number of carbonyl (C=O) groups excluding carboxylic acids is 1. The zero-order chi connectivity index (χ0) is 16.3. The highest BCUT2D eigenvalue weighted by atomic mass is 35.5. The van der Waals surface area contributed by atoms with Gasteiger partial charge in [-0.25, -0.2) is 13.1 Å². The molecule has 1 saturated heterocycles. The first kappa shape index (κ1) is 17.2. The third-order valence-corrected chi connectivity index (χ3v) is 5.22. The Morgan fingerprint density at radius 3 is 2.77 bits per heavy atom. The molecule has 1 aliphatic rings. The first-order chi connectivity index (χ1) is 10.3. The number of carbonyl (C=O) groups is 1. The molecule has 0 saturated carbocycles. The van der Waals surface area contributed by atoms with Crippen molar-refractivity contribution in [1.29, 1.82) is 0 Å². The van der Waals surface area contributed by atoms with E-state index in [-0.39, 0.29) is 18.7 Å². The Kier molecular flexibility index (Phi) is 5.44. The van der Waals surface area contributed by atoms with Crippen molar-refractivity contribution >= 4 is 27.5 Å². The quantitative estimate of drug-likeness (QED) is 0.888. The minimum atomic E-state index is -3.59. The van der Waals surface area contributed by atoms with Crippen LogP contribution in [-0.2, 0) is 19.6 Å². The average molecular weight is 347 g/mol. The van der Waals surface area contributed by atoms with Crippen molar-refractivity contribution in [3.05, 3.63) is 34.9 Å². The van der Waals surface area contributed by atoms with Crippen LogP contribution in [0.25, 0.3) is 0 Å². The molecule has 8 heteroatoms. The molecule has 2 atom stereocenters. The van der Waals surface area contributed by atoms with Gasteiger partial charge in [-0.1, -0.05) is 29.8 Å². The number of hydrogen-bond donors (Lipinski definition) is 1. The minimum absolute atomic E-state index is 0.182. The van der Waals surface area contributed by atoms with Crippen LogP contribution in [0.3, 0.4) is 0 Å². The van der Waals surface area contributed by atoms with Gasteiger partial charge in [-0.2, -0.15) is 0 Å². The Labute approximate surface area is 135 Å². The summed E-state index contributed by atoms with van der Waals surface area (Å²) >= 11 is 6.16. The Balaban J connectivity index is 2.15. The van der Waals surface area contributed by atoms with Gasteiger partial charge < -0.3 is 9.64 Å². The SMILES string of the molecule is CNS(=O)(=O)CC(=O)N1C[C@H](c2ccccc2Cl)OC[C@@H]1C. The number of halogens is 1. The fourth-order valence-corrected chi connectivity index (χ4v) is 3.24. The van der Waals surface area contributed by atoms with Gasteiger partial charge in [-0.05, 0) is 20.0 Å². The van der Waals surface area contributed by atoms with E-state index in [4.69, 9.17) is 16.3 Å². The molecule has 1 fully saturated rings. The fourth-order valence-electron chi connectivity index (χ4n) is 2.35. The fraction of sp³-hybridized carbons (Fsp3) is 0.500. The standard InChI is InChI=1S/C14H19ClN2O4S/c1-10-8-21-13(11-5-3-4-6-12(11)15)7-17(10)14(18)9-22(19,20)16-2/h3-6,10,13,16H,7-9H2,1-2H3/t10-,13+/m0/s1. The van der Waals surface area contributed by atoms with Crippen LogP contribution >= 0.6 is 11.6 Å². The van der Waals surface area contributed by atoms with Gasteiger partial charge in [-0.3, -0.25) is 4.79 Å². The number of rotatable bonds is 4. The topological polar surface area (TPSA) is 75.7 Å². The molecule has 1 aliphatic heterocycles. The van der Waals surface area contributed by atoms with Crippen LogP contribution in [0.2, 0.25) is 5.02 Å². The number of sulfonamides is 1. The molecule has 2 rings (SSSR count). The molecule has 1 aromatic carbocycles. The van der Waals surface area contributed by atoms with Crippen LogP contribution in [0.5, 0.6) is 0 Å². The monoisotopic (exact) mass is 346 g/mol. The van der Waals surface area contributed by atoms with Gasteiger partial charge in [0.15, 0.2) is 0 Å². The second-order valence-corrected chi connectivity index (χ2v) is 7.54. The lowest BCUT2D eigenvalue weighted by Gasteiger charge is -2.38. The molecule has 0 bridgehead atoms. The van der Waals surface area contributed by atoms with Gasteiger partial charge in [0.2, 0.25) is 15.9 Å². The van der Waals surface area contributed by atoms with Crippen molar-refractivity contribution < 1.29 is 17.9 Å². The highest BCUT2D eigenvalue weighted by molar-refractivity contribution is 7.90. The molecular weight excluding hydrogens is 328 g/mol. The van der Waals surface area contributed by atoms with Gasteiger partial charge in [-0.15, -0.1) is 0 Å². The van der Waals surface area contributed by atoms with E-state index in [2.05, 4.69) is 4.72 Å². The van der Waals surface area contributed by atoms with Gasteiger partial charge in [0.1, 0.15) is 11.9 Å². The van der Waals surface area contributed by atoms with Crippen LogP contribution in [0, 0.1) is 0 Å². The largest absolute Gasteiger partial charge is 0.369 e. The summed E-state index contributed by atoms with van der Waals surface area (Å²) in [5, 5.41) is 0.567. The van der Waals surface area contributed by atoms with E-state index in [9.17, 15) is 13.2 Å². The Bertz CT molecular complexity index is 650. The van der Waals surface area contributed by atoms with Crippen LogP contribution in [0.15, 0.2) is 24.3 Å². The maximum absolute atomic E-state index is 12.3. The first-order valence-electron chi connectivity index (χ1n) is 6.91. The molecule has 0 aromatic heterocycles. The minimum Gasteiger partial charge on any atom is -0.369 e. The average Bonchev–Trinajstić information content (AvgIpc) is 2.48. The Morgan fingerprint density at radius 2 is 2.14 bits per heavy atom. The van der Waals surface area contributed by atoms with E-state index >= 15 is 0 Å². The number of nitrogens with one attached hydrogen (secondary N) is 1. The molecule has 1 N–H and O–H groups in total. The van der Waals surface area contributed by atoms with E-state index in [1.165, 1.54) is 11.9 Å². The predicted molar refractivity (Wildman–Crippen MR) is 84.2 cm³/mol. The lowest BCUT2D eigenvalue weighted by molar-refractivity contribution is -0.141. The highest BCUT2D eigenvalue weighted by Gasteiger charge is 2.32. The van der Waals surface area contributed by atoms with E-state index in [1.807, 2.05) is 25.1 Å². The van der Waals surface area contributed by atoms with Crippen molar-refractivity contribution in [3.63, 3.8) is 0 Å². The molecule has 0 spiro atoms. The molecule has 0 radical (unpaired) electrons.